The first kappa shape index (κ1) is 17.8. The molecule has 1 fully saturated rings. The van der Waals surface area contributed by atoms with Gasteiger partial charge in [0.05, 0.1) is 0 Å². The zero-order valence-electron chi connectivity index (χ0n) is 14.4. The van der Waals surface area contributed by atoms with E-state index in [4.69, 9.17) is 16.3 Å². The molecule has 1 atom stereocenters. The van der Waals surface area contributed by atoms with E-state index in [1.165, 1.54) is 0 Å². The van der Waals surface area contributed by atoms with Gasteiger partial charge in [0.15, 0.2) is 0 Å². The van der Waals surface area contributed by atoms with E-state index in [0.29, 0.717) is 29.0 Å². The Hall–Kier alpha value is -2.04. The molecule has 5 heteroatoms. The molecule has 2 aromatic carbocycles. The van der Waals surface area contributed by atoms with E-state index in [0.717, 1.165) is 31.5 Å². The Morgan fingerprint density at radius 1 is 1.28 bits per heavy atom. The molecule has 1 aliphatic heterocycles. The first-order chi connectivity index (χ1) is 12.2. The van der Waals surface area contributed by atoms with Crippen molar-refractivity contribution in [2.24, 2.45) is 0 Å². The highest BCUT2D eigenvalue weighted by molar-refractivity contribution is 6.30. The van der Waals surface area contributed by atoms with Crippen molar-refractivity contribution >= 4 is 17.5 Å². The quantitative estimate of drug-likeness (QED) is 0.885. The molecule has 1 unspecified atom stereocenters. The SMILES string of the molecule is CNC1CCCN(C(=O)c2cccc(OCc3ccc(Cl)cc3)c2)C1. The number of halogens is 1. The van der Waals surface area contributed by atoms with E-state index in [2.05, 4.69) is 5.32 Å². The van der Waals surface area contributed by atoms with E-state index in [-0.39, 0.29) is 5.91 Å². The number of hydrogen-bond acceptors (Lipinski definition) is 3. The van der Waals surface area contributed by atoms with Crippen LogP contribution in [-0.2, 0) is 6.61 Å². The van der Waals surface area contributed by atoms with Crippen molar-refractivity contribution in [1.82, 2.24) is 10.2 Å². The van der Waals surface area contributed by atoms with Crippen molar-refractivity contribution in [3.63, 3.8) is 0 Å². The van der Waals surface area contributed by atoms with E-state index >= 15 is 0 Å². The number of nitrogens with zero attached hydrogens (tertiary/aromatic N) is 1. The highest BCUT2D eigenvalue weighted by Crippen LogP contribution is 2.19. The summed E-state index contributed by atoms with van der Waals surface area (Å²) in [6.07, 6.45) is 2.15. The fourth-order valence-electron chi connectivity index (χ4n) is 3.05. The number of piperidine rings is 1. The third-order valence-electron chi connectivity index (χ3n) is 4.52. The fraction of sp³-hybridized carbons (Fsp3) is 0.350. The van der Waals surface area contributed by atoms with Crippen LogP contribution in [0.15, 0.2) is 48.5 Å². The number of carbonyl (C=O) groups excluding carboxylic acids is 1. The summed E-state index contributed by atoms with van der Waals surface area (Å²) in [5.41, 5.74) is 1.71. The Morgan fingerprint density at radius 2 is 2.08 bits per heavy atom. The fourth-order valence-corrected chi connectivity index (χ4v) is 3.17. The molecule has 4 nitrogen and oxygen atoms in total. The van der Waals surface area contributed by atoms with Gasteiger partial charge in [-0.25, -0.2) is 0 Å². The maximum atomic E-state index is 12.8. The molecule has 132 valence electrons. The third kappa shape index (κ3) is 4.74. The zero-order valence-corrected chi connectivity index (χ0v) is 15.1. The highest BCUT2D eigenvalue weighted by Gasteiger charge is 2.23. The predicted octanol–water partition coefficient (Wildman–Crippen LogP) is 3.74. The maximum Gasteiger partial charge on any atom is 0.254 e. The smallest absolute Gasteiger partial charge is 0.254 e. The molecule has 0 bridgehead atoms. The van der Waals surface area contributed by atoms with Crippen LogP contribution in [0.25, 0.3) is 0 Å². The average molecular weight is 359 g/mol. The standard InChI is InChI=1S/C20H23ClN2O2/c1-22-18-5-3-11-23(13-18)20(24)16-4-2-6-19(12-16)25-14-15-7-9-17(21)10-8-15/h2,4,6-10,12,18,22H,3,5,11,13-14H2,1H3. The van der Waals surface area contributed by atoms with E-state index in [9.17, 15) is 4.79 Å². The summed E-state index contributed by atoms with van der Waals surface area (Å²) in [7, 11) is 1.95. The minimum absolute atomic E-state index is 0.0666. The average Bonchev–Trinajstić information content (AvgIpc) is 2.67. The first-order valence-electron chi connectivity index (χ1n) is 8.59. The molecule has 0 spiro atoms. The summed E-state index contributed by atoms with van der Waals surface area (Å²) in [5.74, 6) is 0.764. The molecule has 0 saturated carbocycles. The summed E-state index contributed by atoms with van der Waals surface area (Å²) >= 11 is 5.89. The van der Waals surface area contributed by atoms with Crippen LogP contribution in [0.2, 0.25) is 5.02 Å². The molecule has 2 aromatic rings. The van der Waals surface area contributed by atoms with Gasteiger partial charge in [-0.1, -0.05) is 29.8 Å². The van der Waals surface area contributed by atoms with Crippen molar-refractivity contribution in [2.45, 2.75) is 25.5 Å². The summed E-state index contributed by atoms with van der Waals surface area (Å²) in [6.45, 7) is 2.01. The van der Waals surface area contributed by atoms with Crippen molar-refractivity contribution in [1.29, 1.82) is 0 Å². The molecule has 0 aromatic heterocycles. The monoisotopic (exact) mass is 358 g/mol. The largest absolute Gasteiger partial charge is 0.489 e. The van der Waals surface area contributed by atoms with Gasteiger partial charge < -0.3 is 15.0 Å². The predicted molar refractivity (Wildman–Crippen MR) is 100 cm³/mol. The van der Waals surface area contributed by atoms with Gasteiger partial charge in [-0.3, -0.25) is 4.79 Å². The van der Waals surface area contributed by atoms with E-state index < -0.39 is 0 Å². The summed E-state index contributed by atoms with van der Waals surface area (Å²) in [6, 6.07) is 15.3. The lowest BCUT2D eigenvalue weighted by Gasteiger charge is -2.32. The van der Waals surface area contributed by atoms with Gasteiger partial charge in [0.1, 0.15) is 12.4 Å². The number of carbonyl (C=O) groups is 1. The number of likely N-dealkylation sites (tertiary alicyclic amines) is 1. The van der Waals surface area contributed by atoms with Crippen LogP contribution in [0, 0.1) is 0 Å². The van der Waals surface area contributed by atoms with Crippen LogP contribution in [0.4, 0.5) is 0 Å². The maximum absolute atomic E-state index is 12.8. The van der Waals surface area contributed by atoms with Gasteiger partial charge in [-0.2, -0.15) is 0 Å². The number of likely N-dealkylation sites (N-methyl/N-ethyl adjacent to an activating group) is 1. The van der Waals surface area contributed by atoms with Crippen molar-refractivity contribution in [3.05, 3.63) is 64.7 Å². The lowest BCUT2D eigenvalue weighted by molar-refractivity contribution is 0.0697. The van der Waals surface area contributed by atoms with Crippen LogP contribution >= 0.6 is 11.6 Å². The van der Waals surface area contributed by atoms with Crippen LogP contribution in [0.5, 0.6) is 5.75 Å². The van der Waals surface area contributed by atoms with Gasteiger partial charge in [0.25, 0.3) is 5.91 Å². The Bertz CT molecular complexity index is 718. The molecular weight excluding hydrogens is 336 g/mol. The molecule has 25 heavy (non-hydrogen) atoms. The second kappa shape index (κ2) is 8.37. The summed E-state index contributed by atoms with van der Waals surface area (Å²) < 4.78 is 5.83. The topological polar surface area (TPSA) is 41.6 Å². The van der Waals surface area contributed by atoms with E-state index in [1.807, 2.05) is 60.5 Å². The minimum atomic E-state index is 0.0666. The van der Waals surface area contributed by atoms with Gasteiger partial charge in [-0.15, -0.1) is 0 Å². The molecule has 0 radical (unpaired) electrons. The van der Waals surface area contributed by atoms with Crippen LogP contribution in [0.1, 0.15) is 28.8 Å². The van der Waals surface area contributed by atoms with E-state index in [1.54, 1.807) is 0 Å². The molecule has 1 heterocycles. The Morgan fingerprint density at radius 3 is 2.84 bits per heavy atom. The van der Waals surface area contributed by atoms with Crippen molar-refractivity contribution < 1.29 is 9.53 Å². The van der Waals surface area contributed by atoms with Gasteiger partial charge in [0, 0.05) is 29.7 Å². The number of ether oxygens (including phenoxy) is 1. The Labute approximate surface area is 153 Å². The number of nitrogens with one attached hydrogen (secondary N) is 1. The first-order valence-corrected chi connectivity index (χ1v) is 8.97. The van der Waals surface area contributed by atoms with Crippen molar-refractivity contribution in [2.75, 3.05) is 20.1 Å². The molecule has 1 aliphatic rings. The number of amides is 1. The lowest BCUT2D eigenvalue weighted by Crippen LogP contribution is -2.46. The molecular formula is C20H23ClN2O2. The van der Waals surface area contributed by atoms with Crippen molar-refractivity contribution in [3.8, 4) is 5.75 Å². The Kier molecular flexibility index (Phi) is 5.95. The number of hydrogen-bond donors (Lipinski definition) is 1. The summed E-state index contributed by atoms with van der Waals surface area (Å²) in [4.78, 5) is 14.7. The highest BCUT2D eigenvalue weighted by atomic mass is 35.5. The molecule has 1 amide bonds. The normalized spacial score (nSPS) is 17.4. The van der Waals surface area contributed by atoms with Gasteiger partial charge >= 0.3 is 0 Å². The van der Waals surface area contributed by atoms with Gasteiger partial charge in [0.2, 0.25) is 0 Å². The number of benzene rings is 2. The van der Waals surface area contributed by atoms with Crippen LogP contribution < -0.4 is 10.1 Å². The molecule has 1 N–H and O–H groups in total. The van der Waals surface area contributed by atoms with Crippen LogP contribution in [0.3, 0.4) is 0 Å². The minimum Gasteiger partial charge on any atom is -0.489 e. The molecule has 0 aliphatic carbocycles. The lowest BCUT2D eigenvalue weighted by atomic mass is 10.0. The Balaban J connectivity index is 1.64. The second-order valence-corrected chi connectivity index (χ2v) is 6.76. The van der Waals surface area contributed by atoms with Gasteiger partial charge in [-0.05, 0) is 55.8 Å². The zero-order chi connectivity index (χ0) is 17.6. The van der Waals surface area contributed by atoms with Crippen LogP contribution in [-0.4, -0.2) is 37.0 Å². The molecule has 3 rings (SSSR count). The molecule has 1 saturated heterocycles. The number of rotatable bonds is 5. The third-order valence-corrected chi connectivity index (χ3v) is 4.77. The summed E-state index contributed by atoms with van der Waals surface area (Å²) in [5, 5.41) is 3.97. The second-order valence-electron chi connectivity index (χ2n) is 6.32.